The summed E-state index contributed by atoms with van der Waals surface area (Å²) >= 11 is 3.30. The predicted molar refractivity (Wildman–Crippen MR) is 81.1 cm³/mol. The normalized spacial score (nSPS) is 10.0. The number of methoxy groups -OCH3 is 1. The van der Waals surface area contributed by atoms with Gasteiger partial charge in [-0.25, -0.2) is 4.39 Å². The summed E-state index contributed by atoms with van der Waals surface area (Å²) in [7, 11) is 1.52. The molecule has 3 nitrogen and oxygen atoms in total. The van der Waals surface area contributed by atoms with Gasteiger partial charge in [0, 0.05) is 10.9 Å². The number of rotatable bonds is 5. The van der Waals surface area contributed by atoms with Gasteiger partial charge < -0.3 is 9.47 Å². The van der Waals surface area contributed by atoms with Crippen LogP contribution in [0, 0.1) is 17.1 Å². The molecule has 21 heavy (non-hydrogen) atoms. The molecule has 0 amide bonds. The van der Waals surface area contributed by atoms with E-state index in [4.69, 9.17) is 14.7 Å². The molecule has 2 aromatic rings. The number of hydrogen-bond acceptors (Lipinski definition) is 3. The fourth-order valence-corrected chi connectivity index (χ4v) is 2.32. The van der Waals surface area contributed by atoms with Gasteiger partial charge in [-0.15, -0.1) is 0 Å². The second-order valence-electron chi connectivity index (χ2n) is 4.32. The van der Waals surface area contributed by atoms with Crippen molar-refractivity contribution in [2.45, 2.75) is 11.9 Å². The number of nitrogens with zero attached hydrogens (tertiary/aromatic N) is 1. The fourth-order valence-electron chi connectivity index (χ4n) is 1.89. The monoisotopic (exact) mass is 349 g/mol. The molecule has 0 spiro atoms. The molecule has 0 radical (unpaired) electrons. The Hall–Kier alpha value is -2.06. The molecule has 0 aliphatic carbocycles. The molecule has 0 bridgehead atoms. The van der Waals surface area contributed by atoms with Gasteiger partial charge in [-0.05, 0) is 35.9 Å². The standard InChI is InChI=1S/C16H13BrFNO2/c1-20-15-4-2-11(6-13(15)9-19)10-21-16-5-3-14(18)7-12(16)8-17/h2-7H,8,10H2,1H3. The van der Waals surface area contributed by atoms with E-state index in [9.17, 15) is 4.39 Å². The Morgan fingerprint density at radius 3 is 2.62 bits per heavy atom. The van der Waals surface area contributed by atoms with Gasteiger partial charge in [0.15, 0.2) is 0 Å². The minimum absolute atomic E-state index is 0.296. The molecule has 0 aliphatic heterocycles. The van der Waals surface area contributed by atoms with Gasteiger partial charge in [0.2, 0.25) is 0 Å². The van der Waals surface area contributed by atoms with Crippen molar-refractivity contribution in [2.75, 3.05) is 7.11 Å². The van der Waals surface area contributed by atoms with Crippen LogP contribution in [-0.4, -0.2) is 7.11 Å². The molecule has 0 heterocycles. The zero-order valence-corrected chi connectivity index (χ0v) is 13.0. The van der Waals surface area contributed by atoms with E-state index < -0.39 is 0 Å². The zero-order valence-electron chi connectivity index (χ0n) is 11.4. The lowest BCUT2D eigenvalue weighted by atomic mass is 10.1. The summed E-state index contributed by atoms with van der Waals surface area (Å²) in [6.07, 6.45) is 0. The summed E-state index contributed by atoms with van der Waals surface area (Å²) < 4.78 is 23.9. The molecule has 0 unspecified atom stereocenters. The SMILES string of the molecule is COc1ccc(COc2ccc(F)cc2CBr)cc1C#N. The molecule has 108 valence electrons. The van der Waals surface area contributed by atoms with Crippen LogP contribution < -0.4 is 9.47 Å². The van der Waals surface area contributed by atoms with Crippen molar-refractivity contribution in [1.82, 2.24) is 0 Å². The first-order valence-corrected chi connectivity index (χ1v) is 7.34. The minimum atomic E-state index is -0.298. The number of hydrogen-bond donors (Lipinski definition) is 0. The van der Waals surface area contributed by atoms with E-state index in [0.29, 0.717) is 29.0 Å². The summed E-state index contributed by atoms with van der Waals surface area (Å²) in [5.74, 6) is 0.847. The number of benzene rings is 2. The van der Waals surface area contributed by atoms with Crippen LogP contribution in [0.15, 0.2) is 36.4 Å². The zero-order chi connectivity index (χ0) is 15.2. The van der Waals surface area contributed by atoms with Crippen molar-refractivity contribution in [2.24, 2.45) is 0 Å². The van der Waals surface area contributed by atoms with Crippen LogP contribution >= 0.6 is 15.9 Å². The van der Waals surface area contributed by atoms with Gasteiger partial charge in [0.1, 0.15) is 30.0 Å². The van der Waals surface area contributed by atoms with E-state index in [1.54, 1.807) is 18.2 Å². The molecule has 0 fully saturated rings. The quantitative estimate of drug-likeness (QED) is 0.760. The molecule has 5 heteroatoms. The van der Waals surface area contributed by atoms with Crippen molar-refractivity contribution in [3.8, 4) is 17.6 Å². The van der Waals surface area contributed by atoms with Gasteiger partial charge >= 0.3 is 0 Å². The highest BCUT2D eigenvalue weighted by atomic mass is 79.9. The lowest BCUT2D eigenvalue weighted by molar-refractivity contribution is 0.303. The number of alkyl halides is 1. The summed E-state index contributed by atoms with van der Waals surface area (Å²) in [6.45, 7) is 0.296. The highest BCUT2D eigenvalue weighted by Crippen LogP contribution is 2.24. The first-order valence-electron chi connectivity index (χ1n) is 6.22. The molecule has 0 atom stereocenters. The third kappa shape index (κ3) is 3.73. The lowest BCUT2D eigenvalue weighted by Gasteiger charge is -2.11. The van der Waals surface area contributed by atoms with Crippen molar-refractivity contribution in [3.05, 3.63) is 58.9 Å². The Bertz CT molecular complexity index is 682. The van der Waals surface area contributed by atoms with Gasteiger partial charge in [0.05, 0.1) is 12.7 Å². The van der Waals surface area contributed by atoms with Crippen LogP contribution in [0.25, 0.3) is 0 Å². The van der Waals surface area contributed by atoms with E-state index in [0.717, 1.165) is 11.1 Å². The number of halogens is 2. The van der Waals surface area contributed by atoms with Crippen LogP contribution in [0.1, 0.15) is 16.7 Å². The van der Waals surface area contributed by atoms with E-state index in [2.05, 4.69) is 22.0 Å². The average molecular weight is 350 g/mol. The summed E-state index contributed by atoms with van der Waals surface area (Å²) in [4.78, 5) is 0. The van der Waals surface area contributed by atoms with Crippen LogP contribution in [0.2, 0.25) is 0 Å². The van der Waals surface area contributed by atoms with Crippen molar-refractivity contribution >= 4 is 15.9 Å². The first-order chi connectivity index (χ1) is 10.2. The minimum Gasteiger partial charge on any atom is -0.495 e. The maximum absolute atomic E-state index is 13.2. The Kier molecular flexibility index (Phi) is 5.18. The smallest absolute Gasteiger partial charge is 0.136 e. The molecule has 0 aliphatic rings. The molecule has 0 N–H and O–H groups in total. The molecule has 0 saturated heterocycles. The second kappa shape index (κ2) is 7.09. The highest BCUT2D eigenvalue weighted by molar-refractivity contribution is 9.08. The van der Waals surface area contributed by atoms with Gasteiger partial charge in [-0.1, -0.05) is 22.0 Å². The highest BCUT2D eigenvalue weighted by Gasteiger charge is 2.07. The molecular formula is C16H13BrFNO2. The molecule has 2 aromatic carbocycles. The van der Waals surface area contributed by atoms with Crippen LogP contribution in [0.3, 0.4) is 0 Å². The Labute approximate surface area is 131 Å². The molecular weight excluding hydrogens is 337 g/mol. The fraction of sp³-hybridized carbons (Fsp3) is 0.188. The lowest BCUT2D eigenvalue weighted by Crippen LogP contribution is -1.99. The topological polar surface area (TPSA) is 42.2 Å². The van der Waals surface area contributed by atoms with Crippen molar-refractivity contribution in [1.29, 1.82) is 5.26 Å². The average Bonchev–Trinajstić information content (AvgIpc) is 2.53. The Balaban J connectivity index is 2.15. The van der Waals surface area contributed by atoms with Gasteiger partial charge in [0.25, 0.3) is 0 Å². The maximum Gasteiger partial charge on any atom is 0.136 e. The molecule has 0 aromatic heterocycles. The van der Waals surface area contributed by atoms with Crippen molar-refractivity contribution in [3.63, 3.8) is 0 Å². The maximum atomic E-state index is 13.2. The second-order valence-corrected chi connectivity index (χ2v) is 4.88. The summed E-state index contributed by atoms with van der Waals surface area (Å²) in [5, 5.41) is 9.56. The van der Waals surface area contributed by atoms with Crippen LogP contribution in [0.4, 0.5) is 4.39 Å². The summed E-state index contributed by atoms with van der Waals surface area (Å²) in [5.41, 5.74) is 2.04. The largest absolute Gasteiger partial charge is 0.495 e. The number of ether oxygens (including phenoxy) is 2. The molecule has 0 saturated carbocycles. The Morgan fingerprint density at radius 2 is 1.95 bits per heavy atom. The predicted octanol–water partition coefficient (Wildman–Crippen LogP) is 4.18. The summed E-state index contributed by atoms with van der Waals surface area (Å²) in [6, 6.07) is 11.7. The van der Waals surface area contributed by atoms with Crippen molar-refractivity contribution < 1.29 is 13.9 Å². The first kappa shape index (κ1) is 15.3. The molecule has 2 rings (SSSR count). The van der Waals surface area contributed by atoms with E-state index >= 15 is 0 Å². The van der Waals surface area contributed by atoms with Crippen LogP contribution in [-0.2, 0) is 11.9 Å². The van der Waals surface area contributed by atoms with E-state index in [1.807, 2.05) is 6.07 Å². The third-order valence-corrected chi connectivity index (χ3v) is 3.55. The van der Waals surface area contributed by atoms with Crippen LogP contribution in [0.5, 0.6) is 11.5 Å². The van der Waals surface area contributed by atoms with Gasteiger partial charge in [-0.3, -0.25) is 0 Å². The van der Waals surface area contributed by atoms with Gasteiger partial charge in [-0.2, -0.15) is 5.26 Å². The van der Waals surface area contributed by atoms with E-state index in [1.165, 1.54) is 19.2 Å². The Morgan fingerprint density at radius 1 is 1.19 bits per heavy atom. The number of nitriles is 1. The van der Waals surface area contributed by atoms with E-state index in [-0.39, 0.29) is 5.82 Å². The third-order valence-electron chi connectivity index (χ3n) is 2.95.